The van der Waals surface area contributed by atoms with Crippen molar-refractivity contribution < 1.29 is 41.0 Å². The summed E-state index contributed by atoms with van der Waals surface area (Å²) in [6, 6.07) is 10.7. The number of aliphatic hydroxyl groups excluding tert-OH is 1. The molecule has 36 heavy (non-hydrogen) atoms. The first-order chi connectivity index (χ1) is 16.6. The van der Waals surface area contributed by atoms with Gasteiger partial charge in [0.25, 0.3) is 0 Å². The molecule has 0 fully saturated rings. The van der Waals surface area contributed by atoms with E-state index < -0.39 is 33.5 Å². The van der Waals surface area contributed by atoms with E-state index in [4.69, 9.17) is 15.6 Å². The Morgan fingerprint density at radius 1 is 1.03 bits per heavy atom. The zero-order valence-electron chi connectivity index (χ0n) is 18.9. The largest absolute Gasteiger partial charge is 0.490 e. The fourth-order valence-corrected chi connectivity index (χ4v) is 4.42. The maximum absolute atomic E-state index is 14.8. The molecule has 0 atom stereocenters. The minimum absolute atomic E-state index is 0.00973. The molecule has 0 aliphatic heterocycles. The molecule has 1 aromatic heterocycles. The highest BCUT2D eigenvalue weighted by atomic mass is 32.2. The number of rotatable bonds is 6. The molecule has 0 bridgehead atoms. The molecule has 194 valence electrons. The van der Waals surface area contributed by atoms with E-state index in [1.165, 1.54) is 30.6 Å². The SMILES string of the molecule is CC(C)(CO)NS(=O)(=O)c1ccccc1-c1ccc(-c2cnc(N)nc2)c(F)c1.O=C(O)C(F)(F)F. The van der Waals surface area contributed by atoms with Crippen molar-refractivity contribution in [1.82, 2.24) is 14.7 Å². The fourth-order valence-electron chi connectivity index (χ4n) is 2.78. The van der Waals surface area contributed by atoms with Gasteiger partial charge in [-0.15, -0.1) is 0 Å². The number of aromatic nitrogens is 2. The number of nitrogens with two attached hydrogens (primary N) is 1. The van der Waals surface area contributed by atoms with Gasteiger partial charge < -0.3 is 15.9 Å². The standard InChI is InChI=1S/C20H21FN4O3S.C2HF3O2/c1-20(2,12-26)25-29(27,28)18-6-4-3-5-16(18)13-7-8-15(17(21)9-13)14-10-23-19(22)24-11-14;3-2(4,5)1(6)7/h3-11,25-26H,12H2,1-2H3,(H2,22,23,24);(H,6,7). The van der Waals surface area contributed by atoms with Crippen LogP contribution in [-0.4, -0.2) is 52.9 Å². The van der Waals surface area contributed by atoms with Crippen LogP contribution in [0.2, 0.25) is 0 Å². The third kappa shape index (κ3) is 7.44. The van der Waals surface area contributed by atoms with E-state index in [2.05, 4.69) is 14.7 Å². The van der Waals surface area contributed by atoms with Crippen LogP contribution in [0.5, 0.6) is 0 Å². The Balaban J connectivity index is 0.000000572. The molecule has 0 saturated heterocycles. The summed E-state index contributed by atoms with van der Waals surface area (Å²) in [7, 11) is -3.96. The zero-order chi connectivity index (χ0) is 27.3. The van der Waals surface area contributed by atoms with Crippen molar-refractivity contribution in [1.29, 1.82) is 0 Å². The normalized spacial score (nSPS) is 12.0. The Hall–Kier alpha value is -3.62. The number of carboxylic acids is 1. The summed E-state index contributed by atoms with van der Waals surface area (Å²) in [6.07, 6.45) is -2.25. The van der Waals surface area contributed by atoms with Crippen molar-refractivity contribution in [2.24, 2.45) is 0 Å². The lowest BCUT2D eigenvalue weighted by Gasteiger charge is -2.24. The van der Waals surface area contributed by atoms with Crippen LogP contribution in [0.25, 0.3) is 22.3 Å². The molecule has 0 aliphatic carbocycles. The van der Waals surface area contributed by atoms with Gasteiger partial charge in [-0.05, 0) is 31.5 Å². The summed E-state index contributed by atoms with van der Waals surface area (Å²) in [5, 5.41) is 16.5. The summed E-state index contributed by atoms with van der Waals surface area (Å²) in [5.74, 6) is -3.22. The van der Waals surface area contributed by atoms with Crippen LogP contribution < -0.4 is 10.5 Å². The van der Waals surface area contributed by atoms with E-state index in [-0.39, 0.29) is 23.0 Å². The molecule has 3 rings (SSSR count). The number of nitrogens with zero attached hydrogens (tertiary/aromatic N) is 2. The number of hydrogen-bond donors (Lipinski definition) is 4. The van der Waals surface area contributed by atoms with Gasteiger partial charge in [0.2, 0.25) is 16.0 Å². The number of sulfonamides is 1. The van der Waals surface area contributed by atoms with Crippen molar-refractivity contribution in [2.45, 2.75) is 30.5 Å². The molecular weight excluding hydrogens is 508 g/mol. The highest BCUT2D eigenvalue weighted by Crippen LogP contribution is 2.31. The van der Waals surface area contributed by atoms with Crippen molar-refractivity contribution in [2.75, 3.05) is 12.3 Å². The summed E-state index contributed by atoms with van der Waals surface area (Å²) >= 11 is 0. The van der Waals surface area contributed by atoms with Gasteiger partial charge in [0.1, 0.15) is 5.82 Å². The Kier molecular flexibility index (Phi) is 8.72. The number of anilines is 1. The molecule has 0 unspecified atom stereocenters. The minimum Gasteiger partial charge on any atom is -0.475 e. The summed E-state index contributed by atoms with van der Waals surface area (Å²) in [6.45, 7) is 2.76. The maximum atomic E-state index is 14.8. The lowest BCUT2D eigenvalue weighted by Crippen LogP contribution is -2.46. The van der Waals surface area contributed by atoms with Gasteiger partial charge in [0, 0.05) is 29.1 Å². The van der Waals surface area contributed by atoms with Crippen LogP contribution in [0.15, 0.2) is 59.8 Å². The van der Waals surface area contributed by atoms with E-state index >= 15 is 0 Å². The highest BCUT2D eigenvalue weighted by Gasteiger charge is 2.38. The van der Waals surface area contributed by atoms with Crippen LogP contribution in [0, 0.1) is 5.82 Å². The van der Waals surface area contributed by atoms with Crippen molar-refractivity contribution in [3.05, 3.63) is 60.7 Å². The molecule has 5 N–H and O–H groups in total. The molecule has 9 nitrogen and oxygen atoms in total. The van der Waals surface area contributed by atoms with E-state index in [0.29, 0.717) is 16.7 Å². The molecule has 0 saturated carbocycles. The highest BCUT2D eigenvalue weighted by molar-refractivity contribution is 7.89. The summed E-state index contributed by atoms with van der Waals surface area (Å²) < 4.78 is 74.7. The van der Waals surface area contributed by atoms with Crippen molar-refractivity contribution in [3.63, 3.8) is 0 Å². The Morgan fingerprint density at radius 2 is 1.58 bits per heavy atom. The predicted octanol–water partition coefficient (Wildman–Crippen LogP) is 3.21. The second kappa shape index (κ2) is 11.0. The maximum Gasteiger partial charge on any atom is 0.490 e. The van der Waals surface area contributed by atoms with Gasteiger partial charge in [0.05, 0.1) is 17.0 Å². The lowest BCUT2D eigenvalue weighted by atomic mass is 10.0. The Bertz CT molecular complexity index is 1330. The number of carboxylic acid groups (broad SMARTS) is 1. The predicted molar refractivity (Wildman–Crippen MR) is 122 cm³/mol. The van der Waals surface area contributed by atoms with Crippen LogP contribution >= 0.6 is 0 Å². The van der Waals surface area contributed by atoms with Crippen molar-refractivity contribution in [3.8, 4) is 22.3 Å². The zero-order valence-corrected chi connectivity index (χ0v) is 19.7. The smallest absolute Gasteiger partial charge is 0.475 e. The van der Waals surface area contributed by atoms with Crippen molar-refractivity contribution >= 4 is 21.9 Å². The fraction of sp³-hybridized carbons (Fsp3) is 0.227. The van der Waals surface area contributed by atoms with Gasteiger partial charge in [-0.3, -0.25) is 0 Å². The number of aliphatic carboxylic acids is 1. The number of nitrogen functional groups attached to an aromatic ring is 1. The molecule has 0 amide bonds. The Morgan fingerprint density at radius 3 is 2.08 bits per heavy atom. The molecular formula is C22H22F4N4O5S. The molecule has 0 spiro atoms. The van der Waals surface area contributed by atoms with Gasteiger partial charge in [0.15, 0.2) is 0 Å². The van der Waals surface area contributed by atoms with Crippen LogP contribution in [0.3, 0.4) is 0 Å². The molecule has 0 radical (unpaired) electrons. The number of nitrogens with one attached hydrogen (secondary N) is 1. The van der Waals surface area contributed by atoms with Crippen LogP contribution in [0.1, 0.15) is 13.8 Å². The topological polar surface area (TPSA) is 156 Å². The molecule has 2 aromatic carbocycles. The summed E-state index contributed by atoms with van der Waals surface area (Å²) in [4.78, 5) is 16.6. The molecule has 14 heteroatoms. The van der Waals surface area contributed by atoms with E-state index in [1.807, 2.05) is 0 Å². The number of aliphatic hydroxyl groups is 1. The molecule has 1 heterocycles. The van der Waals surface area contributed by atoms with Gasteiger partial charge in [-0.1, -0.05) is 30.3 Å². The number of halogens is 4. The number of carbonyl (C=O) groups is 1. The second-order valence-corrected chi connectivity index (χ2v) is 9.62. The first kappa shape index (κ1) is 28.6. The van der Waals surface area contributed by atoms with E-state index in [0.717, 1.165) is 0 Å². The first-order valence-electron chi connectivity index (χ1n) is 9.99. The monoisotopic (exact) mass is 530 g/mol. The quantitative estimate of drug-likeness (QED) is 0.354. The van der Waals surface area contributed by atoms with Gasteiger partial charge >= 0.3 is 12.1 Å². The van der Waals surface area contributed by atoms with Crippen LogP contribution in [0.4, 0.5) is 23.5 Å². The number of benzene rings is 2. The first-order valence-corrected chi connectivity index (χ1v) is 11.5. The third-order valence-electron chi connectivity index (χ3n) is 4.49. The van der Waals surface area contributed by atoms with E-state index in [1.54, 1.807) is 38.1 Å². The second-order valence-electron chi connectivity index (χ2n) is 7.97. The van der Waals surface area contributed by atoms with Crippen LogP contribution in [-0.2, 0) is 14.8 Å². The van der Waals surface area contributed by atoms with Gasteiger partial charge in [-0.2, -0.15) is 13.2 Å². The average molecular weight is 531 g/mol. The summed E-state index contributed by atoms with van der Waals surface area (Å²) in [5.41, 5.74) is 5.87. The minimum atomic E-state index is -5.08. The number of hydrogen-bond acceptors (Lipinski definition) is 7. The lowest BCUT2D eigenvalue weighted by molar-refractivity contribution is -0.192. The molecule has 0 aliphatic rings. The molecule has 3 aromatic rings. The van der Waals surface area contributed by atoms with Gasteiger partial charge in [-0.25, -0.2) is 32.3 Å². The number of alkyl halides is 3. The third-order valence-corrected chi connectivity index (χ3v) is 6.24. The average Bonchev–Trinajstić information content (AvgIpc) is 2.79. The Labute approximate surface area is 203 Å². The van der Waals surface area contributed by atoms with E-state index in [9.17, 15) is 31.1 Å².